The van der Waals surface area contributed by atoms with Gasteiger partial charge < -0.3 is 9.47 Å². The van der Waals surface area contributed by atoms with Gasteiger partial charge in [0.15, 0.2) is 6.23 Å². The van der Waals surface area contributed by atoms with Crippen LogP contribution in [0.3, 0.4) is 0 Å². The van der Waals surface area contributed by atoms with Crippen molar-refractivity contribution in [3.8, 4) is 23.1 Å². The lowest BCUT2D eigenvalue weighted by atomic mass is 10.0. The lowest BCUT2D eigenvalue weighted by Crippen LogP contribution is -2.19. The zero-order valence-corrected chi connectivity index (χ0v) is 14.1. The third-order valence-electron chi connectivity index (χ3n) is 4.63. The zero-order chi connectivity index (χ0) is 17.2. The van der Waals surface area contributed by atoms with Gasteiger partial charge in [0.05, 0.1) is 24.3 Å². The molecule has 5 heteroatoms. The van der Waals surface area contributed by atoms with Crippen LogP contribution < -0.4 is 4.74 Å². The van der Waals surface area contributed by atoms with E-state index in [9.17, 15) is 5.26 Å². The molecule has 1 aromatic heterocycles. The van der Waals surface area contributed by atoms with Crippen LogP contribution in [0, 0.1) is 11.3 Å². The van der Waals surface area contributed by atoms with E-state index in [2.05, 4.69) is 6.07 Å². The molecule has 0 radical (unpaired) electrons. The van der Waals surface area contributed by atoms with E-state index in [1.807, 2.05) is 47.1 Å². The molecule has 5 nitrogen and oxygen atoms in total. The van der Waals surface area contributed by atoms with Crippen LogP contribution in [-0.2, 0) is 4.74 Å². The Kier molecular flexibility index (Phi) is 4.12. The second kappa shape index (κ2) is 6.58. The first-order valence-corrected chi connectivity index (χ1v) is 8.49. The van der Waals surface area contributed by atoms with Gasteiger partial charge in [0, 0.05) is 17.6 Å². The Bertz CT molecular complexity index is 949. The fraction of sp³-hybridized carbons (Fsp3) is 0.300. The molecule has 0 aliphatic carbocycles. The van der Waals surface area contributed by atoms with Crippen LogP contribution in [-0.4, -0.2) is 23.5 Å². The summed E-state index contributed by atoms with van der Waals surface area (Å²) in [6, 6.07) is 15.7. The van der Waals surface area contributed by atoms with E-state index < -0.39 is 0 Å². The average Bonchev–Trinajstić information content (AvgIpc) is 3.07. The quantitative estimate of drug-likeness (QED) is 0.717. The van der Waals surface area contributed by atoms with Crippen LogP contribution in [0.15, 0.2) is 42.5 Å². The van der Waals surface area contributed by atoms with Crippen LogP contribution in [0.25, 0.3) is 22.2 Å². The zero-order valence-electron chi connectivity index (χ0n) is 14.1. The number of fused-ring (bicyclic) bond motifs is 1. The molecule has 2 aromatic carbocycles. The van der Waals surface area contributed by atoms with E-state index >= 15 is 0 Å². The van der Waals surface area contributed by atoms with E-state index in [0.29, 0.717) is 5.56 Å². The summed E-state index contributed by atoms with van der Waals surface area (Å²) in [5, 5.41) is 15.1. The molecule has 1 atom stereocenters. The Morgan fingerprint density at radius 2 is 2.12 bits per heavy atom. The first kappa shape index (κ1) is 15.7. The molecule has 1 fully saturated rings. The highest BCUT2D eigenvalue weighted by Gasteiger charge is 2.23. The number of hydrogen-bond donors (Lipinski definition) is 0. The van der Waals surface area contributed by atoms with Crippen LogP contribution in [0.2, 0.25) is 0 Å². The first-order chi connectivity index (χ1) is 12.3. The first-order valence-electron chi connectivity index (χ1n) is 8.49. The van der Waals surface area contributed by atoms with Crippen molar-refractivity contribution in [1.29, 1.82) is 5.26 Å². The molecule has 1 aliphatic heterocycles. The maximum Gasteiger partial charge on any atom is 0.150 e. The van der Waals surface area contributed by atoms with Crippen molar-refractivity contribution >= 4 is 10.9 Å². The van der Waals surface area contributed by atoms with Crippen molar-refractivity contribution in [2.75, 3.05) is 13.7 Å². The van der Waals surface area contributed by atoms with E-state index in [1.165, 1.54) is 0 Å². The molecule has 3 aromatic rings. The van der Waals surface area contributed by atoms with Gasteiger partial charge in [-0.15, -0.1) is 0 Å². The van der Waals surface area contributed by atoms with Crippen molar-refractivity contribution in [3.63, 3.8) is 0 Å². The van der Waals surface area contributed by atoms with Crippen molar-refractivity contribution in [1.82, 2.24) is 9.78 Å². The third kappa shape index (κ3) is 2.75. The molecule has 0 N–H and O–H groups in total. The molecule has 4 rings (SSSR count). The third-order valence-corrected chi connectivity index (χ3v) is 4.63. The van der Waals surface area contributed by atoms with Gasteiger partial charge in [0.2, 0.25) is 0 Å². The van der Waals surface area contributed by atoms with Crippen LogP contribution >= 0.6 is 0 Å². The molecule has 2 heterocycles. The maximum atomic E-state index is 9.29. The van der Waals surface area contributed by atoms with Crippen molar-refractivity contribution < 1.29 is 9.47 Å². The Hall–Kier alpha value is -2.84. The number of methoxy groups -OCH3 is 1. The number of ether oxygens (including phenoxy) is 2. The van der Waals surface area contributed by atoms with E-state index in [1.54, 1.807) is 7.11 Å². The maximum absolute atomic E-state index is 9.29. The lowest BCUT2D eigenvalue weighted by molar-refractivity contribution is -0.0365. The van der Waals surface area contributed by atoms with Crippen molar-refractivity contribution in [3.05, 3.63) is 48.0 Å². The van der Waals surface area contributed by atoms with Gasteiger partial charge in [-0.3, -0.25) is 0 Å². The smallest absolute Gasteiger partial charge is 0.150 e. The molecule has 25 heavy (non-hydrogen) atoms. The number of hydrogen-bond acceptors (Lipinski definition) is 4. The van der Waals surface area contributed by atoms with E-state index in [0.717, 1.165) is 53.8 Å². The van der Waals surface area contributed by atoms with Gasteiger partial charge in [0.25, 0.3) is 0 Å². The van der Waals surface area contributed by atoms with Crippen molar-refractivity contribution in [2.24, 2.45) is 0 Å². The standard InChI is InChI=1S/C20H19N3O2/c1-24-18-7-3-2-6-15(18)20-16-12-14(13-21)9-10-17(16)23(22-20)19-8-4-5-11-25-19/h2-3,6-7,9-10,12,19H,4-5,8,11H2,1H3. The number of benzene rings is 2. The number of para-hydroxylation sites is 1. The number of aromatic nitrogens is 2. The fourth-order valence-electron chi connectivity index (χ4n) is 3.39. The van der Waals surface area contributed by atoms with Crippen molar-refractivity contribution in [2.45, 2.75) is 25.5 Å². The molecular weight excluding hydrogens is 314 g/mol. The second-order valence-corrected chi connectivity index (χ2v) is 6.16. The Balaban J connectivity index is 1.95. The Morgan fingerprint density at radius 3 is 2.88 bits per heavy atom. The molecule has 126 valence electrons. The topological polar surface area (TPSA) is 60.1 Å². The van der Waals surface area contributed by atoms with Crippen LogP contribution in [0.1, 0.15) is 31.1 Å². The summed E-state index contributed by atoms with van der Waals surface area (Å²) in [5.74, 6) is 0.765. The summed E-state index contributed by atoms with van der Waals surface area (Å²) in [6.07, 6.45) is 3.11. The Morgan fingerprint density at radius 1 is 1.24 bits per heavy atom. The lowest BCUT2D eigenvalue weighted by Gasteiger charge is -2.23. The molecule has 1 unspecified atom stereocenters. The summed E-state index contributed by atoms with van der Waals surface area (Å²) in [5.41, 5.74) is 3.33. The Labute approximate surface area is 146 Å². The minimum atomic E-state index is -0.0624. The SMILES string of the molecule is COc1ccccc1-c1nn(C2CCCCO2)c2ccc(C#N)cc12. The van der Waals surface area contributed by atoms with Gasteiger partial charge in [-0.1, -0.05) is 12.1 Å². The number of nitriles is 1. The van der Waals surface area contributed by atoms with Crippen LogP contribution in [0.4, 0.5) is 0 Å². The van der Waals surface area contributed by atoms with Gasteiger partial charge in [-0.05, 0) is 49.6 Å². The predicted molar refractivity (Wildman–Crippen MR) is 95.3 cm³/mol. The molecule has 1 saturated heterocycles. The van der Waals surface area contributed by atoms with Gasteiger partial charge in [-0.2, -0.15) is 10.4 Å². The average molecular weight is 333 g/mol. The van der Waals surface area contributed by atoms with Gasteiger partial charge in [-0.25, -0.2) is 4.68 Å². The molecule has 1 aliphatic rings. The minimum absolute atomic E-state index is 0.0624. The molecule has 0 spiro atoms. The second-order valence-electron chi connectivity index (χ2n) is 6.16. The van der Waals surface area contributed by atoms with E-state index in [-0.39, 0.29) is 6.23 Å². The summed E-state index contributed by atoms with van der Waals surface area (Å²) in [6.45, 7) is 0.756. The highest BCUT2D eigenvalue weighted by molar-refractivity contribution is 5.95. The normalized spacial score (nSPS) is 17.4. The summed E-state index contributed by atoms with van der Waals surface area (Å²) in [4.78, 5) is 0. The highest BCUT2D eigenvalue weighted by Crippen LogP contribution is 2.37. The number of rotatable bonds is 3. The molecule has 0 amide bonds. The van der Waals surface area contributed by atoms with Gasteiger partial charge >= 0.3 is 0 Å². The predicted octanol–water partition coefficient (Wildman–Crippen LogP) is 4.28. The fourth-order valence-corrected chi connectivity index (χ4v) is 3.39. The highest BCUT2D eigenvalue weighted by atomic mass is 16.5. The summed E-state index contributed by atoms with van der Waals surface area (Å²) in [7, 11) is 1.66. The monoisotopic (exact) mass is 333 g/mol. The van der Waals surface area contributed by atoms with Crippen LogP contribution in [0.5, 0.6) is 5.75 Å². The van der Waals surface area contributed by atoms with E-state index in [4.69, 9.17) is 14.6 Å². The molecule has 0 saturated carbocycles. The number of nitrogens with zero attached hydrogens (tertiary/aromatic N) is 3. The summed E-state index contributed by atoms with van der Waals surface area (Å²) >= 11 is 0. The molecule has 0 bridgehead atoms. The summed E-state index contributed by atoms with van der Waals surface area (Å²) < 4.78 is 13.4. The largest absolute Gasteiger partial charge is 0.496 e. The molecular formula is C20H19N3O2. The van der Waals surface area contributed by atoms with Gasteiger partial charge in [0.1, 0.15) is 11.4 Å². The minimum Gasteiger partial charge on any atom is -0.496 e.